The van der Waals surface area contributed by atoms with E-state index >= 15 is 0 Å². The summed E-state index contributed by atoms with van der Waals surface area (Å²) in [6.07, 6.45) is 0.802. The molecule has 2 rings (SSSR count). The molecule has 1 saturated heterocycles. The van der Waals surface area contributed by atoms with Crippen molar-refractivity contribution < 1.29 is 8.95 Å². The Morgan fingerprint density at radius 1 is 1.32 bits per heavy atom. The largest absolute Gasteiger partial charge is 0.399 e. The van der Waals surface area contributed by atoms with E-state index in [1.165, 1.54) is 0 Å². The number of nitrogen functional groups attached to an aromatic ring is 1. The van der Waals surface area contributed by atoms with Crippen molar-refractivity contribution in [1.82, 2.24) is 0 Å². The zero-order valence-electron chi connectivity index (χ0n) is 12.3. The van der Waals surface area contributed by atoms with Crippen LogP contribution in [0.25, 0.3) is 0 Å². The lowest BCUT2D eigenvalue weighted by atomic mass is 10.0. The summed E-state index contributed by atoms with van der Waals surface area (Å²) in [5.41, 5.74) is 6.94. The highest BCUT2D eigenvalue weighted by atomic mass is 32.2. The molecule has 1 aromatic rings. The second kappa shape index (κ2) is 4.60. The highest BCUT2D eigenvalue weighted by Gasteiger charge is 2.49. The lowest BCUT2D eigenvalue weighted by molar-refractivity contribution is -0.0633. The van der Waals surface area contributed by atoms with Crippen LogP contribution in [0.1, 0.15) is 39.7 Å². The first-order valence-electron chi connectivity index (χ1n) is 6.59. The molecule has 0 spiro atoms. The molecule has 0 radical (unpaired) electrons. The van der Waals surface area contributed by atoms with Crippen LogP contribution in [0.5, 0.6) is 0 Å². The molecule has 0 amide bonds. The molecular weight excluding hydrogens is 258 g/mol. The van der Waals surface area contributed by atoms with Gasteiger partial charge in [-0.1, -0.05) is 0 Å². The molecule has 1 heterocycles. The van der Waals surface area contributed by atoms with E-state index in [0.717, 1.165) is 22.6 Å². The molecule has 3 nitrogen and oxygen atoms in total. The second-order valence-electron chi connectivity index (χ2n) is 6.47. The summed E-state index contributed by atoms with van der Waals surface area (Å²) in [5.74, 6) is 0. The van der Waals surface area contributed by atoms with Gasteiger partial charge >= 0.3 is 0 Å². The zero-order valence-corrected chi connectivity index (χ0v) is 13.1. The molecule has 1 aliphatic rings. The molecule has 0 bridgehead atoms. The van der Waals surface area contributed by atoms with E-state index in [0.29, 0.717) is 0 Å². The average Bonchev–Trinajstić information content (AvgIpc) is 2.49. The maximum absolute atomic E-state index is 12.8. The van der Waals surface area contributed by atoms with Gasteiger partial charge in [0, 0.05) is 10.6 Å². The highest BCUT2D eigenvalue weighted by Crippen LogP contribution is 2.41. The van der Waals surface area contributed by atoms with Crippen molar-refractivity contribution in [2.45, 2.75) is 62.4 Å². The van der Waals surface area contributed by atoms with Gasteiger partial charge in [0.2, 0.25) is 0 Å². The Balaban J connectivity index is 2.31. The molecule has 0 aromatic heterocycles. The van der Waals surface area contributed by atoms with Gasteiger partial charge in [-0.3, -0.25) is 4.21 Å². The minimum atomic E-state index is -1.07. The summed E-state index contributed by atoms with van der Waals surface area (Å²) < 4.78 is 18.8. The quantitative estimate of drug-likeness (QED) is 0.848. The second-order valence-corrected chi connectivity index (χ2v) is 8.11. The normalized spacial score (nSPS) is 26.3. The predicted molar refractivity (Wildman–Crippen MR) is 79.6 cm³/mol. The fraction of sp³-hybridized carbons (Fsp3) is 0.600. The number of hydrogen-bond donors (Lipinski definition) is 1. The molecule has 106 valence electrons. The Bertz CT molecular complexity index is 523. The summed E-state index contributed by atoms with van der Waals surface area (Å²) in [5, 5.41) is 0.00512. The average molecular weight is 281 g/mol. The van der Waals surface area contributed by atoms with E-state index in [4.69, 9.17) is 10.5 Å². The highest BCUT2D eigenvalue weighted by molar-refractivity contribution is 7.85. The van der Waals surface area contributed by atoms with E-state index in [1.807, 2.05) is 39.0 Å². The molecule has 1 fully saturated rings. The van der Waals surface area contributed by atoms with Gasteiger partial charge in [-0.2, -0.15) is 0 Å². The van der Waals surface area contributed by atoms with E-state index in [2.05, 4.69) is 13.8 Å². The van der Waals surface area contributed by atoms with Crippen LogP contribution < -0.4 is 5.73 Å². The molecule has 2 N–H and O–H groups in total. The predicted octanol–water partition coefficient (Wildman–Crippen LogP) is 3.03. The first-order chi connectivity index (χ1) is 8.62. The Hall–Kier alpha value is -0.870. The standard InChI is InChI=1S/C15H23NO2S/c1-10-8-11(6-7-12(10)16)19(17)13-9-14(2,3)18-15(13,4)5/h6-8,13H,9,16H2,1-5H3. The fourth-order valence-corrected chi connectivity index (χ4v) is 4.72. The van der Waals surface area contributed by atoms with Crippen LogP contribution in [-0.4, -0.2) is 20.7 Å². The van der Waals surface area contributed by atoms with Crippen LogP contribution >= 0.6 is 0 Å². The topological polar surface area (TPSA) is 52.3 Å². The number of aryl methyl sites for hydroxylation is 1. The van der Waals surface area contributed by atoms with Gasteiger partial charge in [-0.25, -0.2) is 0 Å². The zero-order chi connectivity index (χ0) is 14.4. The SMILES string of the molecule is Cc1cc(S(=O)C2CC(C)(C)OC2(C)C)ccc1N. The van der Waals surface area contributed by atoms with Crippen LogP contribution in [0.4, 0.5) is 5.69 Å². The molecule has 4 heteroatoms. The third-order valence-electron chi connectivity index (χ3n) is 3.72. The van der Waals surface area contributed by atoms with Crippen molar-refractivity contribution in [3.63, 3.8) is 0 Å². The van der Waals surface area contributed by atoms with Crippen LogP contribution in [0.15, 0.2) is 23.1 Å². The summed E-state index contributed by atoms with van der Waals surface area (Å²) >= 11 is 0. The van der Waals surface area contributed by atoms with Gasteiger partial charge in [0.1, 0.15) is 0 Å². The molecule has 0 saturated carbocycles. The summed E-state index contributed by atoms with van der Waals surface area (Å²) in [6, 6.07) is 5.61. The van der Waals surface area contributed by atoms with Gasteiger partial charge in [-0.05, 0) is 64.8 Å². The maximum Gasteiger partial charge on any atom is 0.0781 e. The third-order valence-corrected chi connectivity index (χ3v) is 5.69. The smallest absolute Gasteiger partial charge is 0.0781 e. The number of anilines is 1. The minimum absolute atomic E-state index is 0.00512. The molecule has 0 aliphatic carbocycles. The van der Waals surface area contributed by atoms with E-state index in [-0.39, 0.29) is 16.5 Å². The van der Waals surface area contributed by atoms with Crippen molar-refractivity contribution in [3.05, 3.63) is 23.8 Å². The summed E-state index contributed by atoms with van der Waals surface area (Å²) in [4.78, 5) is 0.839. The lowest BCUT2D eigenvalue weighted by Gasteiger charge is -2.26. The Kier molecular flexibility index (Phi) is 3.52. The van der Waals surface area contributed by atoms with Crippen LogP contribution in [0, 0.1) is 6.92 Å². The van der Waals surface area contributed by atoms with E-state index in [1.54, 1.807) is 0 Å². The van der Waals surface area contributed by atoms with Gasteiger partial charge in [0.15, 0.2) is 0 Å². The van der Waals surface area contributed by atoms with Crippen molar-refractivity contribution in [2.75, 3.05) is 5.73 Å². The van der Waals surface area contributed by atoms with Gasteiger partial charge in [0.25, 0.3) is 0 Å². The first kappa shape index (κ1) is 14.5. The van der Waals surface area contributed by atoms with Gasteiger partial charge in [-0.15, -0.1) is 0 Å². The summed E-state index contributed by atoms with van der Waals surface area (Å²) in [6.45, 7) is 10.1. The van der Waals surface area contributed by atoms with Crippen molar-refractivity contribution in [3.8, 4) is 0 Å². The Labute approximate surface area is 118 Å². The molecule has 1 aromatic carbocycles. The first-order valence-corrected chi connectivity index (χ1v) is 7.80. The number of benzene rings is 1. The number of rotatable bonds is 2. The number of ether oxygens (including phenoxy) is 1. The molecule has 1 aliphatic heterocycles. The Morgan fingerprint density at radius 3 is 2.42 bits per heavy atom. The van der Waals surface area contributed by atoms with Crippen LogP contribution in [0.3, 0.4) is 0 Å². The van der Waals surface area contributed by atoms with E-state index in [9.17, 15) is 4.21 Å². The number of nitrogens with two attached hydrogens (primary N) is 1. The third kappa shape index (κ3) is 2.84. The molecule has 2 atom stereocenters. The van der Waals surface area contributed by atoms with Gasteiger partial charge < -0.3 is 10.5 Å². The molecular formula is C15H23NO2S. The van der Waals surface area contributed by atoms with Crippen molar-refractivity contribution >= 4 is 16.5 Å². The monoisotopic (exact) mass is 281 g/mol. The van der Waals surface area contributed by atoms with E-state index < -0.39 is 10.8 Å². The molecule has 19 heavy (non-hydrogen) atoms. The van der Waals surface area contributed by atoms with Crippen LogP contribution in [-0.2, 0) is 15.5 Å². The maximum atomic E-state index is 12.8. The van der Waals surface area contributed by atoms with Gasteiger partial charge in [0.05, 0.1) is 27.3 Å². The van der Waals surface area contributed by atoms with Crippen molar-refractivity contribution in [1.29, 1.82) is 0 Å². The Morgan fingerprint density at radius 2 is 1.95 bits per heavy atom. The van der Waals surface area contributed by atoms with Crippen LogP contribution in [0.2, 0.25) is 0 Å². The lowest BCUT2D eigenvalue weighted by Crippen LogP contribution is -2.35. The summed E-state index contributed by atoms with van der Waals surface area (Å²) in [7, 11) is -1.07. The number of hydrogen-bond acceptors (Lipinski definition) is 3. The minimum Gasteiger partial charge on any atom is -0.399 e. The van der Waals surface area contributed by atoms with Crippen molar-refractivity contribution in [2.24, 2.45) is 0 Å². The molecule has 2 unspecified atom stereocenters. The fourth-order valence-electron chi connectivity index (χ4n) is 2.78.